The van der Waals surface area contributed by atoms with Crippen molar-refractivity contribution in [3.63, 3.8) is 0 Å². The van der Waals surface area contributed by atoms with Crippen molar-refractivity contribution >= 4 is 40.4 Å². The van der Waals surface area contributed by atoms with E-state index in [2.05, 4.69) is 33.1 Å². The van der Waals surface area contributed by atoms with E-state index >= 15 is 0 Å². The molecule has 0 unspecified atom stereocenters. The lowest BCUT2D eigenvalue weighted by Crippen LogP contribution is -2.05. The van der Waals surface area contributed by atoms with Gasteiger partial charge in [-0.15, -0.1) is 0 Å². The Morgan fingerprint density at radius 3 is 2.65 bits per heavy atom. The summed E-state index contributed by atoms with van der Waals surface area (Å²) in [6.45, 7) is 3.17. The zero-order chi connectivity index (χ0) is 16.7. The summed E-state index contributed by atoms with van der Waals surface area (Å²) in [5, 5.41) is 4.98. The topological polar surface area (TPSA) is 42.8 Å². The molecule has 2 rings (SSSR count). The van der Waals surface area contributed by atoms with Gasteiger partial charge in [0, 0.05) is 5.02 Å². The van der Waals surface area contributed by atoms with Crippen LogP contribution < -0.4 is 14.9 Å². The maximum Gasteiger partial charge on any atom is 0.174 e. The van der Waals surface area contributed by atoms with Crippen molar-refractivity contribution in [1.29, 1.82) is 0 Å². The fourth-order valence-corrected chi connectivity index (χ4v) is 2.95. The Kier molecular flexibility index (Phi) is 6.98. The first-order valence-electron chi connectivity index (χ1n) is 7.14. The van der Waals surface area contributed by atoms with Crippen LogP contribution in [0.3, 0.4) is 0 Å². The van der Waals surface area contributed by atoms with Crippen molar-refractivity contribution in [3.05, 3.63) is 56.1 Å². The second-order valence-corrected chi connectivity index (χ2v) is 6.29. The SMILES string of the molecule is CCOc1cc(/C=N\NCc2ccc(Cl)cc2)cc(I)c1OC. The molecule has 0 radical (unpaired) electrons. The summed E-state index contributed by atoms with van der Waals surface area (Å²) < 4.78 is 12.0. The van der Waals surface area contributed by atoms with Crippen molar-refractivity contribution in [2.75, 3.05) is 13.7 Å². The van der Waals surface area contributed by atoms with Crippen LogP contribution in [-0.4, -0.2) is 19.9 Å². The van der Waals surface area contributed by atoms with Crippen LogP contribution >= 0.6 is 34.2 Å². The Hall–Kier alpha value is -1.47. The van der Waals surface area contributed by atoms with Gasteiger partial charge in [0.25, 0.3) is 0 Å². The van der Waals surface area contributed by atoms with Gasteiger partial charge in [-0.2, -0.15) is 5.10 Å². The average Bonchev–Trinajstić information content (AvgIpc) is 2.53. The van der Waals surface area contributed by atoms with E-state index < -0.39 is 0 Å². The highest BCUT2D eigenvalue weighted by Gasteiger charge is 2.10. The van der Waals surface area contributed by atoms with Crippen molar-refractivity contribution in [1.82, 2.24) is 5.43 Å². The highest BCUT2D eigenvalue weighted by Crippen LogP contribution is 2.33. The van der Waals surface area contributed by atoms with Gasteiger partial charge in [0.2, 0.25) is 0 Å². The summed E-state index contributed by atoms with van der Waals surface area (Å²) in [6, 6.07) is 11.6. The lowest BCUT2D eigenvalue weighted by atomic mass is 10.2. The molecule has 0 spiro atoms. The molecule has 0 bridgehead atoms. The van der Waals surface area contributed by atoms with Crippen molar-refractivity contribution in [2.45, 2.75) is 13.5 Å². The van der Waals surface area contributed by atoms with Crippen LogP contribution in [0.1, 0.15) is 18.1 Å². The third kappa shape index (κ3) is 5.28. The summed E-state index contributed by atoms with van der Waals surface area (Å²) in [4.78, 5) is 0. The summed E-state index contributed by atoms with van der Waals surface area (Å²) in [5.41, 5.74) is 5.08. The van der Waals surface area contributed by atoms with Gasteiger partial charge in [-0.1, -0.05) is 23.7 Å². The van der Waals surface area contributed by atoms with E-state index in [-0.39, 0.29) is 0 Å². The lowest BCUT2D eigenvalue weighted by Gasteiger charge is -2.11. The van der Waals surface area contributed by atoms with Gasteiger partial charge in [-0.3, -0.25) is 0 Å². The third-order valence-corrected chi connectivity index (χ3v) is 4.09. The lowest BCUT2D eigenvalue weighted by molar-refractivity contribution is 0.309. The van der Waals surface area contributed by atoms with Crippen LogP contribution in [0.4, 0.5) is 0 Å². The van der Waals surface area contributed by atoms with Gasteiger partial charge < -0.3 is 14.9 Å². The number of hydrogen-bond acceptors (Lipinski definition) is 4. The van der Waals surface area contributed by atoms with Crippen LogP contribution in [0.25, 0.3) is 0 Å². The molecule has 0 aliphatic carbocycles. The summed E-state index contributed by atoms with van der Waals surface area (Å²) in [6.07, 6.45) is 1.76. The molecule has 0 aromatic heterocycles. The van der Waals surface area contributed by atoms with Crippen molar-refractivity contribution < 1.29 is 9.47 Å². The summed E-state index contributed by atoms with van der Waals surface area (Å²) in [5.74, 6) is 1.47. The predicted molar refractivity (Wildman–Crippen MR) is 103 cm³/mol. The van der Waals surface area contributed by atoms with Crippen LogP contribution in [0.2, 0.25) is 5.02 Å². The van der Waals surface area contributed by atoms with Crippen molar-refractivity contribution in [2.24, 2.45) is 5.10 Å². The Bertz CT molecular complexity index is 675. The fraction of sp³-hybridized carbons (Fsp3) is 0.235. The second-order valence-electron chi connectivity index (χ2n) is 4.69. The third-order valence-electron chi connectivity index (χ3n) is 3.04. The molecule has 1 N–H and O–H groups in total. The monoisotopic (exact) mass is 444 g/mol. The maximum absolute atomic E-state index is 5.86. The molecule has 0 aliphatic heterocycles. The van der Waals surface area contributed by atoms with E-state index in [1.807, 2.05) is 43.3 Å². The van der Waals surface area contributed by atoms with Crippen molar-refractivity contribution in [3.8, 4) is 11.5 Å². The molecule has 122 valence electrons. The standard InChI is InChI=1S/C17H18ClIN2O2/c1-3-23-16-9-13(8-15(19)17(16)22-2)11-21-20-10-12-4-6-14(18)7-5-12/h4-9,11,20H,3,10H2,1-2H3/b21-11-. The van der Waals surface area contributed by atoms with Crippen LogP contribution in [0, 0.1) is 3.57 Å². The molecular weight excluding hydrogens is 427 g/mol. The van der Waals surface area contributed by atoms with Crippen LogP contribution in [0.5, 0.6) is 11.5 Å². The van der Waals surface area contributed by atoms with E-state index in [9.17, 15) is 0 Å². The highest BCUT2D eigenvalue weighted by molar-refractivity contribution is 14.1. The van der Waals surface area contributed by atoms with Gasteiger partial charge in [0.05, 0.1) is 30.0 Å². The quantitative estimate of drug-likeness (QED) is 0.389. The molecule has 0 atom stereocenters. The van der Waals surface area contributed by atoms with Gasteiger partial charge in [-0.25, -0.2) is 0 Å². The largest absolute Gasteiger partial charge is 0.492 e. The first-order valence-corrected chi connectivity index (χ1v) is 8.60. The summed E-state index contributed by atoms with van der Waals surface area (Å²) in [7, 11) is 1.64. The first-order chi connectivity index (χ1) is 11.1. The van der Waals surface area contributed by atoms with Crippen LogP contribution in [-0.2, 0) is 6.54 Å². The van der Waals surface area contributed by atoms with Gasteiger partial charge in [-0.05, 0) is 64.9 Å². The zero-order valence-electron chi connectivity index (χ0n) is 13.0. The molecule has 0 saturated carbocycles. The molecule has 2 aromatic rings. The number of ether oxygens (including phenoxy) is 2. The number of methoxy groups -OCH3 is 1. The summed E-state index contributed by atoms with van der Waals surface area (Å²) >= 11 is 8.09. The molecule has 23 heavy (non-hydrogen) atoms. The molecule has 0 amide bonds. The minimum Gasteiger partial charge on any atom is -0.492 e. The highest BCUT2D eigenvalue weighted by atomic mass is 127. The number of hydrogen-bond donors (Lipinski definition) is 1. The van der Waals surface area contributed by atoms with E-state index in [0.29, 0.717) is 13.2 Å². The minimum absolute atomic E-state index is 0.585. The van der Waals surface area contributed by atoms with E-state index in [4.69, 9.17) is 21.1 Å². The number of hydrazone groups is 1. The smallest absolute Gasteiger partial charge is 0.174 e. The predicted octanol–water partition coefficient (Wildman–Crippen LogP) is 4.48. The Balaban J connectivity index is 2.02. The van der Waals surface area contributed by atoms with Gasteiger partial charge in [0.1, 0.15) is 0 Å². The average molecular weight is 445 g/mol. The molecule has 0 heterocycles. The first kappa shape index (κ1) is 17.9. The van der Waals surface area contributed by atoms with Crippen LogP contribution in [0.15, 0.2) is 41.5 Å². The number of benzene rings is 2. The van der Waals surface area contributed by atoms with E-state index in [0.717, 1.165) is 31.2 Å². The van der Waals surface area contributed by atoms with Gasteiger partial charge >= 0.3 is 0 Å². The van der Waals surface area contributed by atoms with E-state index in [1.165, 1.54) is 0 Å². The number of nitrogens with zero attached hydrogens (tertiary/aromatic N) is 1. The number of rotatable bonds is 7. The second kappa shape index (κ2) is 8.98. The normalized spacial score (nSPS) is 10.8. The molecule has 0 aliphatic rings. The zero-order valence-corrected chi connectivity index (χ0v) is 15.9. The molecule has 6 heteroatoms. The molecule has 2 aromatic carbocycles. The number of halogens is 2. The fourth-order valence-electron chi connectivity index (χ4n) is 1.98. The van der Waals surface area contributed by atoms with Gasteiger partial charge in [0.15, 0.2) is 11.5 Å². The maximum atomic E-state index is 5.86. The Morgan fingerprint density at radius 1 is 1.26 bits per heavy atom. The molecule has 0 fully saturated rings. The Morgan fingerprint density at radius 2 is 2.00 bits per heavy atom. The molecule has 4 nitrogen and oxygen atoms in total. The van der Waals surface area contributed by atoms with E-state index in [1.54, 1.807) is 13.3 Å². The molecule has 0 saturated heterocycles. The molecular formula is C17H18ClIN2O2. The number of nitrogens with one attached hydrogen (secondary N) is 1. The Labute approximate surface area is 155 Å². The minimum atomic E-state index is 0.585.